The first-order valence-electron chi connectivity index (χ1n) is 8.95. The fraction of sp³-hybridized carbons (Fsp3) is 0.842. The van der Waals surface area contributed by atoms with Gasteiger partial charge < -0.3 is 4.74 Å². The molecule has 0 fully saturated rings. The van der Waals surface area contributed by atoms with Gasteiger partial charge in [0.15, 0.2) is 0 Å². The monoisotopic (exact) mass is 309 g/mol. The van der Waals surface area contributed by atoms with E-state index in [1.807, 2.05) is 6.08 Å². The third-order valence-corrected chi connectivity index (χ3v) is 4.29. The van der Waals surface area contributed by atoms with Gasteiger partial charge in [-0.25, -0.2) is 0 Å². The standard InChI is InChI=1S/C19H35NO2/c1-6-7-8-9-10-11-12-13-17(21)22-16-14-15-18(2,3)20-19(16,4)5/h14-16,20H,6-13H2,1-5H3. The molecule has 0 saturated heterocycles. The summed E-state index contributed by atoms with van der Waals surface area (Å²) >= 11 is 0. The summed E-state index contributed by atoms with van der Waals surface area (Å²) in [5.74, 6) is -0.0715. The highest BCUT2D eigenvalue weighted by molar-refractivity contribution is 5.69. The van der Waals surface area contributed by atoms with Crippen LogP contribution in [0.5, 0.6) is 0 Å². The van der Waals surface area contributed by atoms with Gasteiger partial charge in [0.1, 0.15) is 6.10 Å². The lowest BCUT2D eigenvalue weighted by Gasteiger charge is -2.43. The minimum absolute atomic E-state index is 0.0507. The average molecular weight is 309 g/mol. The molecule has 0 amide bonds. The van der Waals surface area contributed by atoms with Crippen LogP contribution in [0.3, 0.4) is 0 Å². The van der Waals surface area contributed by atoms with E-state index in [-0.39, 0.29) is 23.2 Å². The van der Waals surface area contributed by atoms with E-state index in [4.69, 9.17) is 4.74 Å². The van der Waals surface area contributed by atoms with Gasteiger partial charge in [-0.2, -0.15) is 0 Å². The fourth-order valence-corrected chi connectivity index (χ4v) is 3.13. The SMILES string of the molecule is CCCCCCCCCC(=O)OC1C=CC(C)(C)NC1(C)C. The third-order valence-electron chi connectivity index (χ3n) is 4.29. The molecule has 3 nitrogen and oxygen atoms in total. The number of rotatable bonds is 9. The molecule has 1 atom stereocenters. The van der Waals surface area contributed by atoms with Gasteiger partial charge in [0.25, 0.3) is 0 Å². The van der Waals surface area contributed by atoms with E-state index in [1.165, 1.54) is 32.1 Å². The minimum Gasteiger partial charge on any atom is -0.456 e. The number of unbranched alkanes of at least 4 members (excludes halogenated alkanes) is 6. The zero-order valence-corrected chi connectivity index (χ0v) is 15.2. The summed E-state index contributed by atoms with van der Waals surface area (Å²) in [7, 11) is 0. The van der Waals surface area contributed by atoms with Gasteiger partial charge >= 0.3 is 5.97 Å². The maximum Gasteiger partial charge on any atom is 0.306 e. The van der Waals surface area contributed by atoms with Crippen molar-refractivity contribution in [1.29, 1.82) is 0 Å². The van der Waals surface area contributed by atoms with Crippen LogP contribution in [0.1, 0.15) is 86.0 Å². The van der Waals surface area contributed by atoms with Gasteiger partial charge in [-0.1, -0.05) is 51.5 Å². The van der Waals surface area contributed by atoms with E-state index >= 15 is 0 Å². The maximum absolute atomic E-state index is 12.0. The van der Waals surface area contributed by atoms with Crippen molar-refractivity contribution >= 4 is 5.97 Å². The molecule has 0 spiro atoms. The molecule has 1 unspecified atom stereocenters. The zero-order chi connectivity index (χ0) is 16.6. The number of esters is 1. The Kier molecular flexibility index (Phi) is 7.61. The molecule has 0 aromatic heterocycles. The highest BCUT2D eigenvalue weighted by Crippen LogP contribution is 2.25. The fourth-order valence-electron chi connectivity index (χ4n) is 3.13. The van der Waals surface area contributed by atoms with Crippen molar-refractivity contribution in [1.82, 2.24) is 5.32 Å². The summed E-state index contributed by atoms with van der Waals surface area (Å²) < 4.78 is 5.66. The number of hydrogen-bond acceptors (Lipinski definition) is 3. The molecule has 1 heterocycles. The predicted molar refractivity (Wildman–Crippen MR) is 92.9 cm³/mol. The Morgan fingerprint density at radius 2 is 1.64 bits per heavy atom. The Labute approximate surface area is 136 Å². The van der Waals surface area contributed by atoms with Crippen LogP contribution in [0.2, 0.25) is 0 Å². The summed E-state index contributed by atoms with van der Waals surface area (Å²) in [6.07, 6.45) is 13.0. The molecule has 1 rings (SSSR count). The quantitative estimate of drug-likeness (QED) is 0.379. The second-order valence-electron chi connectivity index (χ2n) is 7.71. The highest BCUT2D eigenvalue weighted by Gasteiger charge is 2.38. The van der Waals surface area contributed by atoms with Gasteiger partial charge in [0, 0.05) is 12.0 Å². The largest absolute Gasteiger partial charge is 0.456 e. The predicted octanol–water partition coefficient (Wildman–Crippen LogP) is 4.76. The minimum atomic E-state index is -0.228. The lowest BCUT2D eigenvalue weighted by molar-refractivity contribution is -0.150. The zero-order valence-electron chi connectivity index (χ0n) is 15.2. The summed E-state index contributed by atoms with van der Waals surface area (Å²) in [5.41, 5.74) is -0.279. The first-order valence-corrected chi connectivity index (χ1v) is 8.95. The van der Waals surface area contributed by atoms with Gasteiger partial charge in [0.05, 0.1) is 5.54 Å². The number of carbonyl (C=O) groups is 1. The van der Waals surface area contributed by atoms with E-state index < -0.39 is 0 Å². The van der Waals surface area contributed by atoms with Crippen molar-refractivity contribution in [2.45, 2.75) is 103 Å². The van der Waals surface area contributed by atoms with Crippen molar-refractivity contribution in [3.05, 3.63) is 12.2 Å². The Morgan fingerprint density at radius 1 is 1.05 bits per heavy atom. The number of hydrogen-bond donors (Lipinski definition) is 1. The van der Waals surface area contributed by atoms with Crippen LogP contribution in [-0.2, 0) is 9.53 Å². The van der Waals surface area contributed by atoms with Crippen molar-refractivity contribution in [2.75, 3.05) is 0 Å². The maximum atomic E-state index is 12.0. The van der Waals surface area contributed by atoms with Crippen molar-refractivity contribution in [2.24, 2.45) is 0 Å². The van der Waals surface area contributed by atoms with E-state index in [2.05, 4.69) is 46.0 Å². The van der Waals surface area contributed by atoms with Crippen molar-refractivity contribution in [3.8, 4) is 0 Å². The summed E-state index contributed by atoms with van der Waals surface area (Å²) in [6.45, 7) is 10.7. The Morgan fingerprint density at radius 3 is 2.23 bits per heavy atom. The molecular formula is C19H35NO2. The topological polar surface area (TPSA) is 38.3 Å². The van der Waals surface area contributed by atoms with E-state index in [0.717, 1.165) is 12.8 Å². The van der Waals surface area contributed by atoms with Crippen LogP contribution >= 0.6 is 0 Å². The Bertz CT molecular complexity index is 372. The molecule has 1 aliphatic rings. The second-order valence-corrected chi connectivity index (χ2v) is 7.71. The Hall–Kier alpha value is -0.830. The molecule has 1 N–H and O–H groups in total. The first kappa shape index (κ1) is 19.2. The highest BCUT2D eigenvalue weighted by atomic mass is 16.5. The van der Waals surface area contributed by atoms with Crippen molar-refractivity contribution in [3.63, 3.8) is 0 Å². The van der Waals surface area contributed by atoms with Crippen LogP contribution < -0.4 is 5.32 Å². The molecule has 0 saturated carbocycles. The van der Waals surface area contributed by atoms with Crippen LogP contribution in [0.15, 0.2) is 12.2 Å². The molecule has 1 aliphatic heterocycles. The number of nitrogens with one attached hydrogen (secondary N) is 1. The number of carbonyl (C=O) groups excluding carboxylic acids is 1. The molecule has 128 valence electrons. The normalized spacial score (nSPS) is 22.5. The van der Waals surface area contributed by atoms with Gasteiger partial charge in [0.2, 0.25) is 0 Å². The van der Waals surface area contributed by atoms with Crippen molar-refractivity contribution < 1.29 is 9.53 Å². The number of ether oxygens (including phenoxy) is 1. The van der Waals surface area contributed by atoms with Gasteiger partial charge in [-0.05, 0) is 40.2 Å². The van der Waals surface area contributed by atoms with E-state index in [9.17, 15) is 4.79 Å². The van der Waals surface area contributed by atoms with Crippen LogP contribution in [0, 0.1) is 0 Å². The summed E-state index contributed by atoms with van der Waals surface area (Å²) in [5, 5.41) is 3.52. The molecule has 0 aromatic rings. The van der Waals surface area contributed by atoms with Crippen LogP contribution in [-0.4, -0.2) is 23.2 Å². The Balaban J connectivity index is 2.25. The third kappa shape index (κ3) is 6.95. The van der Waals surface area contributed by atoms with Gasteiger partial charge in [-0.3, -0.25) is 10.1 Å². The van der Waals surface area contributed by atoms with Crippen LogP contribution in [0.25, 0.3) is 0 Å². The van der Waals surface area contributed by atoms with E-state index in [0.29, 0.717) is 6.42 Å². The second kappa shape index (κ2) is 8.71. The summed E-state index contributed by atoms with van der Waals surface area (Å²) in [4.78, 5) is 12.0. The molecule has 0 bridgehead atoms. The van der Waals surface area contributed by atoms with Crippen LogP contribution in [0.4, 0.5) is 0 Å². The molecule has 0 radical (unpaired) electrons. The molecule has 0 aromatic carbocycles. The molecule has 0 aliphatic carbocycles. The molecule has 3 heteroatoms. The van der Waals surface area contributed by atoms with E-state index in [1.54, 1.807) is 0 Å². The summed E-state index contributed by atoms with van der Waals surface area (Å²) in [6, 6.07) is 0. The molecular weight excluding hydrogens is 274 g/mol. The first-order chi connectivity index (χ1) is 10.3. The molecule has 22 heavy (non-hydrogen) atoms. The smallest absolute Gasteiger partial charge is 0.306 e. The average Bonchev–Trinajstić information content (AvgIpc) is 2.40. The lowest BCUT2D eigenvalue weighted by atomic mass is 9.86. The lowest BCUT2D eigenvalue weighted by Crippen LogP contribution is -2.60. The van der Waals surface area contributed by atoms with Gasteiger partial charge in [-0.15, -0.1) is 0 Å².